The minimum atomic E-state index is -0.0443. The van der Waals surface area contributed by atoms with E-state index in [4.69, 9.17) is 4.74 Å². The lowest BCUT2D eigenvalue weighted by Crippen LogP contribution is -3.12. The Bertz CT molecular complexity index is 710. The summed E-state index contributed by atoms with van der Waals surface area (Å²) < 4.78 is 7.36. The van der Waals surface area contributed by atoms with Gasteiger partial charge in [0.15, 0.2) is 11.0 Å². The second-order valence-corrected chi connectivity index (χ2v) is 7.14. The molecule has 0 saturated carbocycles. The third kappa shape index (κ3) is 5.04. The monoisotopic (exact) mass is 362 g/mol. The molecule has 8 heteroatoms. The van der Waals surface area contributed by atoms with Gasteiger partial charge in [0, 0.05) is 12.7 Å². The predicted octanol–water partition coefficient (Wildman–Crippen LogP) is 0.269. The molecule has 1 aromatic carbocycles. The summed E-state index contributed by atoms with van der Waals surface area (Å²) in [5.74, 6) is 1.21. The third-order valence-electron chi connectivity index (χ3n) is 4.20. The number of ether oxygens (including phenoxy) is 1. The van der Waals surface area contributed by atoms with E-state index in [0.717, 1.165) is 49.5 Å². The van der Waals surface area contributed by atoms with E-state index >= 15 is 0 Å². The number of benzene rings is 1. The van der Waals surface area contributed by atoms with Crippen LogP contribution in [0.5, 0.6) is 0 Å². The molecule has 0 spiro atoms. The number of rotatable bonds is 6. The molecule has 1 aliphatic heterocycles. The average Bonchev–Trinajstić information content (AvgIpc) is 2.96. The molecule has 0 atom stereocenters. The van der Waals surface area contributed by atoms with E-state index < -0.39 is 0 Å². The summed E-state index contributed by atoms with van der Waals surface area (Å²) in [5, 5.41) is 12.2. The summed E-state index contributed by atoms with van der Waals surface area (Å²) in [6.45, 7) is 6.44. The van der Waals surface area contributed by atoms with Crippen molar-refractivity contribution in [2.75, 3.05) is 37.4 Å². The Balaban J connectivity index is 1.50. The molecule has 0 unspecified atom stereocenters. The van der Waals surface area contributed by atoms with Crippen molar-refractivity contribution in [3.05, 3.63) is 35.7 Å². The highest BCUT2D eigenvalue weighted by molar-refractivity contribution is 7.99. The van der Waals surface area contributed by atoms with Crippen molar-refractivity contribution in [1.29, 1.82) is 0 Å². The molecular formula is C17H24N5O2S+. The molecule has 1 saturated heterocycles. The molecule has 1 amide bonds. The first-order valence-corrected chi connectivity index (χ1v) is 9.39. The van der Waals surface area contributed by atoms with Crippen LogP contribution in [0.2, 0.25) is 0 Å². The maximum atomic E-state index is 12.1. The Kier molecular flexibility index (Phi) is 6.06. The number of thioether (sulfide) groups is 1. The van der Waals surface area contributed by atoms with Crippen molar-refractivity contribution in [1.82, 2.24) is 14.8 Å². The fourth-order valence-corrected chi connectivity index (χ4v) is 3.38. The molecular weight excluding hydrogens is 338 g/mol. The Morgan fingerprint density at radius 2 is 2.00 bits per heavy atom. The number of morpholine rings is 1. The van der Waals surface area contributed by atoms with Crippen LogP contribution in [-0.4, -0.2) is 52.7 Å². The third-order valence-corrected chi connectivity index (χ3v) is 5.22. The highest BCUT2D eigenvalue weighted by atomic mass is 32.2. The van der Waals surface area contributed by atoms with Crippen LogP contribution in [-0.2, 0) is 23.1 Å². The van der Waals surface area contributed by atoms with Crippen LogP contribution in [0.25, 0.3) is 0 Å². The summed E-state index contributed by atoms with van der Waals surface area (Å²) in [7, 11) is 1.95. The van der Waals surface area contributed by atoms with Gasteiger partial charge in [-0.2, -0.15) is 0 Å². The molecule has 2 aromatic rings. The molecule has 3 rings (SSSR count). The Morgan fingerprint density at radius 1 is 1.28 bits per heavy atom. The zero-order valence-corrected chi connectivity index (χ0v) is 15.4. The van der Waals surface area contributed by atoms with Crippen LogP contribution in [0.3, 0.4) is 0 Å². The Hall–Kier alpha value is -1.90. The van der Waals surface area contributed by atoms with Gasteiger partial charge in [0.1, 0.15) is 19.6 Å². The topological polar surface area (TPSA) is 73.5 Å². The van der Waals surface area contributed by atoms with Gasteiger partial charge in [-0.15, -0.1) is 10.2 Å². The number of aryl methyl sites for hydroxylation is 1. The summed E-state index contributed by atoms with van der Waals surface area (Å²) in [5.41, 5.74) is 1.98. The largest absolute Gasteiger partial charge is 0.370 e. The SMILES string of the molecule is Cc1ccc(NC(=O)CSc2nnc(C[NH+]3CCOCC3)n2C)cc1. The molecule has 0 aliphatic carbocycles. The standard InChI is InChI=1S/C17H23N5O2S/c1-13-3-5-14(6-4-13)18-16(23)12-25-17-20-19-15(21(17)2)11-22-7-9-24-10-8-22/h3-6H,7-12H2,1-2H3,(H,18,23)/p+1. The molecule has 0 bridgehead atoms. The van der Waals surface area contributed by atoms with Gasteiger partial charge in [0.25, 0.3) is 0 Å². The summed E-state index contributed by atoms with van der Waals surface area (Å²) in [6, 6.07) is 7.77. The zero-order chi connectivity index (χ0) is 17.6. The van der Waals surface area contributed by atoms with Crippen LogP contribution in [0.15, 0.2) is 29.4 Å². The maximum Gasteiger partial charge on any atom is 0.234 e. The second kappa shape index (κ2) is 8.46. The first-order chi connectivity index (χ1) is 12.1. The Morgan fingerprint density at radius 3 is 2.72 bits per heavy atom. The number of nitrogens with one attached hydrogen (secondary N) is 2. The molecule has 2 heterocycles. The average molecular weight is 362 g/mol. The van der Waals surface area contributed by atoms with Crippen molar-refractivity contribution in [2.45, 2.75) is 18.6 Å². The smallest absolute Gasteiger partial charge is 0.234 e. The minimum Gasteiger partial charge on any atom is -0.370 e. The number of carbonyl (C=O) groups excluding carboxylic acids is 1. The van der Waals surface area contributed by atoms with Crippen molar-refractivity contribution in [2.24, 2.45) is 7.05 Å². The van der Waals surface area contributed by atoms with E-state index in [-0.39, 0.29) is 5.91 Å². The fraction of sp³-hybridized carbons (Fsp3) is 0.471. The normalized spacial score (nSPS) is 15.3. The molecule has 1 aromatic heterocycles. The van der Waals surface area contributed by atoms with Gasteiger partial charge in [0.05, 0.1) is 19.0 Å². The lowest BCUT2D eigenvalue weighted by atomic mass is 10.2. The van der Waals surface area contributed by atoms with Crippen LogP contribution in [0.1, 0.15) is 11.4 Å². The molecule has 2 N–H and O–H groups in total. The van der Waals surface area contributed by atoms with E-state index in [2.05, 4.69) is 15.5 Å². The number of quaternary nitrogens is 1. The quantitative estimate of drug-likeness (QED) is 0.722. The summed E-state index contributed by atoms with van der Waals surface area (Å²) in [6.07, 6.45) is 0. The van der Waals surface area contributed by atoms with Crippen molar-refractivity contribution < 1.29 is 14.4 Å². The van der Waals surface area contributed by atoms with Crippen LogP contribution < -0.4 is 10.2 Å². The van der Waals surface area contributed by atoms with Gasteiger partial charge in [-0.1, -0.05) is 29.5 Å². The number of aromatic nitrogens is 3. The van der Waals surface area contributed by atoms with E-state index in [1.165, 1.54) is 22.2 Å². The number of amides is 1. The molecule has 1 fully saturated rings. The van der Waals surface area contributed by atoms with Crippen molar-refractivity contribution in [3.8, 4) is 0 Å². The highest BCUT2D eigenvalue weighted by Crippen LogP contribution is 2.16. The maximum absolute atomic E-state index is 12.1. The number of anilines is 1. The number of hydrogen-bond acceptors (Lipinski definition) is 5. The minimum absolute atomic E-state index is 0.0443. The molecule has 7 nitrogen and oxygen atoms in total. The van der Waals surface area contributed by atoms with Gasteiger partial charge >= 0.3 is 0 Å². The highest BCUT2D eigenvalue weighted by Gasteiger charge is 2.19. The molecule has 0 radical (unpaired) electrons. The van der Waals surface area contributed by atoms with E-state index in [0.29, 0.717) is 5.75 Å². The lowest BCUT2D eigenvalue weighted by Gasteiger charge is -2.23. The van der Waals surface area contributed by atoms with Crippen molar-refractivity contribution >= 4 is 23.4 Å². The Labute approximate surface area is 151 Å². The first-order valence-electron chi connectivity index (χ1n) is 8.41. The van der Waals surface area contributed by atoms with Crippen LogP contribution in [0.4, 0.5) is 5.69 Å². The van der Waals surface area contributed by atoms with Crippen molar-refractivity contribution in [3.63, 3.8) is 0 Å². The summed E-state index contributed by atoms with van der Waals surface area (Å²) >= 11 is 1.40. The van der Waals surface area contributed by atoms with Gasteiger partial charge in [0.2, 0.25) is 5.91 Å². The molecule has 134 valence electrons. The zero-order valence-electron chi connectivity index (χ0n) is 14.6. The number of hydrogen-bond donors (Lipinski definition) is 2. The lowest BCUT2D eigenvalue weighted by molar-refractivity contribution is -0.922. The van der Waals surface area contributed by atoms with Gasteiger partial charge in [-0.05, 0) is 19.1 Å². The fourth-order valence-electron chi connectivity index (χ4n) is 2.65. The van der Waals surface area contributed by atoms with Crippen LogP contribution >= 0.6 is 11.8 Å². The molecule has 1 aliphatic rings. The first kappa shape index (κ1) is 17.9. The van der Waals surface area contributed by atoms with E-state index in [9.17, 15) is 4.79 Å². The molecule has 25 heavy (non-hydrogen) atoms. The van der Waals surface area contributed by atoms with Gasteiger partial charge < -0.3 is 19.5 Å². The van der Waals surface area contributed by atoms with E-state index in [1.807, 2.05) is 42.8 Å². The predicted molar refractivity (Wildman–Crippen MR) is 96.8 cm³/mol. The summed E-state index contributed by atoms with van der Waals surface area (Å²) in [4.78, 5) is 13.6. The van der Waals surface area contributed by atoms with Gasteiger partial charge in [-0.25, -0.2) is 0 Å². The number of nitrogens with zero attached hydrogens (tertiary/aromatic N) is 3. The van der Waals surface area contributed by atoms with E-state index in [1.54, 1.807) is 0 Å². The second-order valence-electron chi connectivity index (χ2n) is 6.20. The van der Waals surface area contributed by atoms with Gasteiger partial charge in [-0.3, -0.25) is 4.79 Å². The van der Waals surface area contributed by atoms with Crippen LogP contribution in [0, 0.1) is 6.92 Å². The number of carbonyl (C=O) groups is 1.